The molecular formula is C30H31Cl2FN2O2. The first-order valence-electron chi connectivity index (χ1n) is 12.7. The maximum Gasteiger partial charge on any atom is 0.243 e. The molecule has 1 aliphatic carbocycles. The normalized spacial score (nSPS) is 14.7. The fraction of sp³-hybridized carbons (Fsp3) is 0.333. The van der Waals surface area contributed by atoms with Crippen LogP contribution in [0.25, 0.3) is 0 Å². The molecule has 0 saturated heterocycles. The smallest absolute Gasteiger partial charge is 0.243 e. The maximum atomic E-state index is 14.5. The molecule has 0 bridgehead atoms. The standard InChI is InChI=1S/C30H31Cl2FN2O2/c31-24-16-15-23(26(32)19-24)20-35(29(36)18-22-11-7-8-14-27(22)33)28(17-21-9-3-1-4-10-21)30(37)34-25-12-5-2-6-13-25/h1,3-4,7-11,14-16,19,25,28H,2,5-6,12-13,17-18,20H2,(H,34,37)/t28-/m1/s1. The van der Waals surface area contributed by atoms with Gasteiger partial charge in [0.05, 0.1) is 6.42 Å². The minimum absolute atomic E-state index is 0.0853. The van der Waals surface area contributed by atoms with Crippen molar-refractivity contribution < 1.29 is 14.0 Å². The highest BCUT2D eigenvalue weighted by molar-refractivity contribution is 6.35. The summed E-state index contributed by atoms with van der Waals surface area (Å²) in [6.07, 6.45) is 5.33. The molecule has 3 aromatic rings. The van der Waals surface area contributed by atoms with Crippen LogP contribution in [0.15, 0.2) is 72.8 Å². The van der Waals surface area contributed by atoms with Gasteiger partial charge in [-0.2, -0.15) is 0 Å². The predicted molar refractivity (Wildman–Crippen MR) is 146 cm³/mol. The molecule has 7 heteroatoms. The number of hydrogen-bond acceptors (Lipinski definition) is 2. The van der Waals surface area contributed by atoms with Gasteiger partial charge in [-0.3, -0.25) is 9.59 Å². The number of amides is 2. The lowest BCUT2D eigenvalue weighted by molar-refractivity contribution is -0.141. The van der Waals surface area contributed by atoms with Crippen LogP contribution in [0.4, 0.5) is 4.39 Å². The average molecular weight is 541 g/mol. The fourth-order valence-electron chi connectivity index (χ4n) is 4.84. The molecular weight excluding hydrogens is 510 g/mol. The second kappa shape index (κ2) is 13.1. The molecule has 3 aromatic carbocycles. The first kappa shape index (κ1) is 27.2. The van der Waals surface area contributed by atoms with Crippen LogP contribution in [-0.2, 0) is 29.0 Å². The second-order valence-electron chi connectivity index (χ2n) is 9.57. The lowest BCUT2D eigenvalue weighted by Gasteiger charge is -2.34. The van der Waals surface area contributed by atoms with E-state index in [0.717, 1.165) is 31.2 Å². The van der Waals surface area contributed by atoms with E-state index in [1.54, 1.807) is 36.4 Å². The molecule has 1 atom stereocenters. The molecule has 2 amide bonds. The van der Waals surface area contributed by atoms with Gasteiger partial charge in [-0.1, -0.05) is 97.1 Å². The Bertz CT molecular complexity index is 1220. The number of nitrogens with zero attached hydrogens (tertiary/aromatic N) is 1. The molecule has 1 fully saturated rings. The summed E-state index contributed by atoms with van der Waals surface area (Å²) in [4.78, 5) is 29.1. The van der Waals surface area contributed by atoms with E-state index in [9.17, 15) is 14.0 Å². The molecule has 37 heavy (non-hydrogen) atoms. The van der Waals surface area contributed by atoms with Crippen molar-refractivity contribution in [1.29, 1.82) is 0 Å². The minimum Gasteiger partial charge on any atom is -0.352 e. The summed E-state index contributed by atoms with van der Waals surface area (Å²) < 4.78 is 14.5. The predicted octanol–water partition coefficient (Wildman–Crippen LogP) is 6.76. The van der Waals surface area contributed by atoms with E-state index in [1.807, 2.05) is 30.3 Å². The van der Waals surface area contributed by atoms with E-state index in [-0.39, 0.29) is 36.4 Å². The van der Waals surface area contributed by atoms with Crippen molar-refractivity contribution in [3.63, 3.8) is 0 Å². The molecule has 194 valence electrons. The van der Waals surface area contributed by atoms with Crippen LogP contribution >= 0.6 is 23.2 Å². The lowest BCUT2D eigenvalue weighted by Crippen LogP contribution is -2.53. The highest BCUT2D eigenvalue weighted by atomic mass is 35.5. The number of rotatable bonds is 9. The van der Waals surface area contributed by atoms with Crippen LogP contribution in [0.1, 0.15) is 48.8 Å². The van der Waals surface area contributed by atoms with Gasteiger partial charge < -0.3 is 10.2 Å². The molecule has 0 aliphatic heterocycles. The molecule has 0 radical (unpaired) electrons. The summed E-state index contributed by atoms with van der Waals surface area (Å²) in [5, 5.41) is 4.08. The Balaban J connectivity index is 1.68. The van der Waals surface area contributed by atoms with Gasteiger partial charge in [0, 0.05) is 29.1 Å². The van der Waals surface area contributed by atoms with Crippen molar-refractivity contribution in [2.75, 3.05) is 0 Å². The van der Waals surface area contributed by atoms with Crippen LogP contribution < -0.4 is 5.32 Å². The SMILES string of the molecule is O=C(NC1CCCCC1)[C@@H](Cc1ccccc1)N(Cc1ccc(Cl)cc1Cl)C(=O)Cc1ccccc1F. The van der Waals surface area contributed by atoms with Crippen molar-refractivity contribution >= 4 is 35.0 Å². The van der Waals surface area contributed by atoms with Crippen molar-refractivity contribution in [2.45, 2.75) is 63.6 Å². The molecule has 0 spiro atoms. The zero-order valence-corrected chi connectivity index (χ0v) is 22.1. The van der Waals surface area contributed by atoms with E-state index in [0.29, 0.717) is 22.0 Å². The number of benzene rings is 3. The molecule has 0 aromatic heterocycles. The molecule has 1 saturated carbocycles. The Morgan fingerprint density at radius 3 is 2.32 bits per heavy atom. The summed E-state index contributed by atoms with van der Waals surface area (Å²) in [7, 11) is 0. The van der Waals surface area contributed by atoms with E-state index in [1.165, 1.54) is 17.4 Å². The third-order valence-corrected chi connectivity index (χ3v) is 7.46. The number of halogens is 3. The summed E-state index contributed by atoms with van der Waals surface area (Å²) in [6.45, 7) is 0.0961. The van der Waals surface area contributed by atoms with E-state index < -0.39 is 11.9 Å². The molecule has 0 heterocycles. The van der Waals surface area contributed by atoms with Crippen LogP contribution in [0.2, 0.25) is 10.0 Å². The molecule has 4 rings (SSSR count). The molecule has 0 unspecified atom stereocenters. The maximum absolute atomic E-state index is 14.5. The van der Waals surface area contributed by atoms with E-state index >= 15 is 0 Å². The van der Waals surface area contributed by atoms with Crippen LogP contribution in [0.5, 0.6) is 0 Å². The summed E-state index contributed by atoms with van der Waals surface area (Å²) in [5.74, 6) is -1.01. The average Bonchev–Trinajstić information content (AvgIpc) is 2.89. The first-order valence-corrected chi connectivity index (χ1v) is 13.5. The number of carbonyl (C=O) groups is 2. The summed E-state index contributed by atoms with van der Waals surface area (Å²) in [6, 6.07) is 20.2. The van der Waals surface area contributed by atoms with Crippen molar-refractivity contribution in [3.8, 4) is 0 Å². The number of carbonyl (C=O) groups excluding carboxylic acids is 2. The summed E-state index contributed by atoms with van der Waals surface area (Å²) in [5.41, 5.74) is 1.87. The Kier molecular flexibility index (Phi) is 9.59. The van der Waals surface area contributed by atoms with Crippen molar-refractivity contribution in [3.05, 3.63) is 105 Å². The van der Waals surface area contributed by atoms with Gasteiger partial charge in [0.1, 0.15) is 11.9 Å². The van der Waals surface area contributed by atoms with Gasteiger partial charge in [-0.05, 0) is 47.7 Å². The Morgan fingerprint density at radius 2 is 1.62 bits per heavy atom. The van der Waals surface area contributed by atoms with Gasteiger partial charge >= 0.3 is 0 Å². The van der Waals surface area contributed by atoms with Gasteiger partial charge in [0.25, 0.3) is 0 Å². The largest absolute Gasteiger partial charge is 0.352 e. The van der Waals surface area contributed by atoms with Gasteiger partial charge in [-0.15, -0.1) is 0 Å². The zero-order chi connectivity index (χ0) is 26.2. The Labute approximate surface area is 227 Å². The monoisotopic (exact) mass is 540 g/mol. The van der Waals surface area contributed by atoms with E-state index in [4.69, 9.17) is 23.2 Å². The number of nitrogens with one attached hydrogen (secondary N) is 1. The topological polar surface area (TPSA) is 49.4 Å². The second-order valence-corrected chi connectivity index (χ2v) is 10.4. The molecule has 1 aliphatic rings. The summed E-state index contributed by atoms with van der Waals surface area (Å²) >= 11 is 12.6. The lowest BCUT2D eigenvalue weighted by atomic mass is 9.94. The third kappa shape index (κ3) is 7.56. The Morgan fingerprint density at radius 1 is 0.919 bits per heavy atom. The molecule has 1 N–H and O–H groups in total. The highest BCUT2D eigenvalue weighted by Gasteiger charge is 2.32. The fourth-order valence-corrected chi connectivity index (χ4v) is 5.31. The third-order valence-electron chi connectivity index (χ3n) is 6.88. The molecule has 4 nitrogen and oxygen atoms in total. The van der Waals surface area contributed by atoms with Gasteiger partial charge in [0.2, 0.25) is 11.8 Å². The van der Waals surface area contributed by atoms with E-state index in [2.05, 4.69) is 5.32 Å². The van der Waals surface area contributed by atoms with Gasteiger partial charge in [0.15, 0.2) is 0 Å². The van der Waals surface area contributed by atoms with Gasteiger partial charge in [-0.25, -0.2) is 4.39 Å². The number of hydrogen-bond donors (Lipinski definition) is 1. The quantitative estimate of drug-likeness (QED) is 0.325. The van der Waals surface area contributed by atoms with Crippen LogP contribution in [0.3, 0.4) is 0 Å². The zero-order valence-electron chi connectivity index (χ0n) is 20.6. The first-order chi connectivity index (χ1) is 17.9. The van der Waals surface area contributed by atoms with Crippen LogP contribution in [-0.4, -0.2) is 28.8 Å². The van der Waals surface area contributed by atoms with Crippen molar-refractivity contribution in [2.24, 2.45) is 0 Å². The highest BCUT2D eigenvalue weighted by Crippen LogP contribution is 2.25. The van der Waals surface area contributed by atoms with Crippen LogP contribution in [0, 0.1) is 5.82 Å². The minimum atomic E-state index is -0.796. The Hall–Kier alpha value is -2.89. The van der Waals surface area contributed by atoms with Crippen molar-refractivity contribution in [1.82, 2.24) is 10.2 Å².